The molecule has 0 radical (unpaired) electrons. The summed E-state index contributed by atoms with van der Waals surface area (Å²) in [5, 5.41) is 0. The van der Waals surface area contributed by atoms with Crippen LogP contribution in [0.1, 0.15) is 34.1 Å². The lowest BCUT2D eigenvalue weighted by Crippen LogP contribution is -2.30. The minimum Gasteiger partial charge on any atom is -0.369 e. The summed E-state index contributed by atoms with van der Waals surface area (Å²) in [6.07, 6.45) is 0.450. The number of hydrogen-bond acceptors (Lipinski definition) is 2. The van der Waals surface area contributed by atoms with E-state index in [1.54, 1.807) is 12.1 Å². The maximum absolute atomic E-state index is 13.7. The molecule has 2 nitrogen and oxygen atoms in total. The number of carbonyl (C=O) groups is 1. The smallest absolute Gasteiger partial charge is 0.146 e. The first-order valence-corrected chi connectivity index (χ1v) is 6.39. The third kappa shape index (κ3) is 3.83. The first-order chi connectivity index (χ1) is 8.36. The molecule has 0 fully saturated rings. The second-order valence-electron chi connectivity index (χ2n) is 5.45. The number of hydrogen-bond donors (Lipinski definition) is 0. The van der Waals surface area contributed by atoms with Crippen LogP contribution >= 0.6 is 0 Å². The van der Waals surface area contributed by atoms with Crippen LogP contribution in [0.4, 0.5) is 10.1 Å². The van der Waals surface area contributed by atoms with Crippen LogP contribution in [0.25, 0.3) is 0 Å². The van der Waals surface area contributed by atoms with Gasteiger partial charge in [0.25, 0.3) is 0 Å². The van der Waals surface area contributed by atoms with E-state index >= 15 is 0 Å². The fourth-order valence-corrected chi connectivity index (χ4v) is 1.77. The van der Waals surface area contributed by atoms with Gasteiger partial charge < -0.3 is 4.90 Å². The Morgan fingerprint density at radius 2 is 1.89 bits per heavy atom. The van der Waals surface area contributed by atoms with Crippen molar-refractivity contribution in [1.82, 2.24) is 0 Å². The molecule has 0 aromatic heterocycles. The van der Waals surface area contributed by atoms with Gasteiger partial charge in [-0.15, -0.1) is 0 Å². The van der Waals surface area contributed by atoms with E-state index in [1.165, 1.54) is 6.07 Å². The lowest BCUT2D eigenvalue weighted by atomic mass is 9.89. The summed E-state index contributed by atoms with van der Waals surface area (Å²) in [6, 6.07) is 6.68. The Morgan fingerprint density at radius 1 is 1.28 bits per heavy atom. The van der Waals surface area contributed by atoms with E-state index in [0.717, 1.165) is 0 Å². The van der Waals surface area contributed by atoms with E-state index in [2.05, 4.69) is 0 Å². The zero-order valence-corrected chi connectivity index (χ0v) is 11.7. The second-order valence-corrected chi connectivity index (χ2v) is 5.45. The van der Waals surface area contributed by atoms with Gasteiger partial charge in [-0.2, -0.15) is 0 Å². The molecule has 0 spiro atoms. The molecule has 0 aliphatic heterocycles. The van der Waals surface area contributed by atoms with Crippen molar-refractivity contribution in [3.05, 3.63) is 30.1 Å². The molecule has 3 heteroatoms. The third-order valence-electron chi connectivity index (χ3n) is 3.02. The quantitative estimate of drug-likeness (QED) is 0.796. The molecule has 1 rings (SSSR count). The van der Waals surface area contributed by atoms with Gasteiger partial charge in [-0.25, -0.2) is 4.39 Å². The lowest BCUT2D eigenvalue weighted by Gasteiger charge is -2.25. The molecule has 0 bridgehead atoms. The number of benzene rings is 1. The number of carbonyl (C=O) groups excluding carboxylic acids is 1. The van der Waals surface area contributed by atoms with Gasteiger partial charge in [-0.3, -0.25) is 4.79 Å². The van der Waals surface area contributed by atoms with Gasteiger partial charge in [0.1, 0.15) is 11.6 Å². The third-order valence-corrected chi connectivity index (χ3v) is 3.02. The van der Waals surface area contributed by atoms with Crippen molar-refractivity contribution in [2.75, 3.05) is 18.0 Å². The molecular weight excluding hydrogens is 229 g/mol. The summed E-state index contributed by atoms with van der Waals surface area (Å²) in [7, 11) is 0. The summed E-state index contributed by atoms with van der Waals surface area (Å²) >= 11 is 0. The Hall–Kier alpha value is -1.38. The molecule has 0 saturated heterocycles. The number of nitrogens with zero attached hydrogens (tertiary/aromatic N) is 1. The molecule has 0 aliphatic rings. The second kappa shape index (κ2) is 5.98. The molecule has 0 aliphatic carbocycles. The van der Waals surface area contributed by atoms with Gasteiger partial charge >= 0.3 is 0 Å². The SMILES string of the molecule is CCN(CCC(=O)C(C)(C)C)c1ccccc1F. The van der Waals surface area contributed by atoms with Crippen molar-refractivity contribution in [2.24, 2.45) is 5.41 Å². The molecule has 0 N–H and O–H groups in total. The molecule has 18 heavy (non-hydrogen) atoms. The van der Waals surface area contributed by atoms with Gasteiger partial charge in [0, 0.05) is 24.9 Å². The van der Waals surface area contributed by atoms with Crippen LogP contribution < -0.4 is 4.90 Å². The highest BCUT2D eigenvalue weighted by Gasteiger charge is 2.21. The zero-order chi connectivity index (χ0) is 13.8. The van der Waals surface area contributed by atoms with Crippen LogP contribution in [0, 0.1) is 11.2 Å². The number of ketones is 1. The van der Waals surface area contributed by atoms with E-state index in [1.807, 2.05) is 38.7 Å². The van der Waals surface area contributed by atoms with Gasteiger partial charge in [0.2, 0.25) is 0 Å². The van der Waals surface area contributed by atoms with Crippen LogP contribution in [0.3, 0.4) is 0 Å². The predicted molar refractivity (Wildman–Crippen MR) is 73.4 cm³/mol. The van der Waals surface area contributed by atoms with Gasteiger partial charge in [-0.1, -0.05) is 32.9 Å². The normalized spacial score (nSPS) is 11.4. The molecule has 0 amide bonds. The van der Waals surface area contributed by atoms with Crippen LogP contribution in [0.2, 0.25) is 0 Å². The standard InChI is InChI=1S/C15H22FNO/c1-5-17(11-10-14(18)15(2,3)4)13-9-7-6-8-12(13)16/h6-9H,5,10-11H2,1-4H3. The van der Waals surface area contributed by atoms with Gasteiger partial charge in [0.15, 0.2) is 0 Å². The maximum atomic E-state index is 13.7. The Morgan fingerprint density at radius 3 is 2.39 bits per heavy atom. The topological polar surface area (TPSA) is 20.3 Å². The minimum atomic E-state index is -0.325. The summed E-state index contributed by atoms with van der Waals surface area (Å²) < 4.78 is 13.7. The largest absolute Gasteiger partial charge is 0.369 e. The Bertz CT molecular complexity index is 409. The van der Waals surface area contributed by atoms with Crippen LogP contribution in [0.15, 0.2) is 24.3 Å². The van der Waals surface area contributed by atoms with Crippen LogP contribution in [-0.4, -0.2) is 18.9 Å². The fraction of sp³-hybridized carbons (Fsp3) is 0.533. The number of halogens is 1. The van der Waals surface area contributed by atoms with Crippen LogP contribution in [-0.2, 0) is 4.79 Å². The number of Topliss-reactive ketones (excluding diaryl/α,β-unsaturated/α-hetero) is 1. The monoisotopic (exact) mass is 251 g/mol. The highest BCUT2D eigenvalue weighted by atomic mass is 19.1. The van der Waals surface area contributed by atoms with Crippen molar-refractivity contribution in [3.63, 3.8) is 0 Å². The van der Waals surface area contributed by atoms with Gasteiger partial charge in [0.05, 0.1) is 5.69 Å². The molecule has 1 aromatic carbocycles. The van der Waals surface area contributed by atoms with Gasteiger partial charge in [-0.05, 0) is 19.1 Å². The van der Waals surface area contributed by atoms with E-state index < -0.39 is 0 Å². The Balaban J connectivity index is 2.70. The highest BCUT2D eigenvalue weighted by Crippen LogP contribution is 2.21. The first kappa shape index (κ1) is 14.7. The molecule has 0 saturated carbocycles. The molecule has 0 heterocycles. The summed E-state index contributed by atoms with van der Waals surface area (Å²) in [6.45, 7) is 8.96. The van der Waals surface area contributed by atoms with E-state index in [-0.39, 0.29) is 17.0 Å². The average molecular weight is 251 g/mol. The van der Waals surface area contributed by atoms with Crippen molar-refractivity contribution in [3.8, 4) is 0 Å². The van der Waals surface area contributed by atoms with E-state index in [9.17, 15) is 9.18 Å². The van der Waals surface area contributed by atoms with Crippen LogP contribution in [0.5, 0.6) is 0 Å². The summed E-state index contributed by atoms with van der Waals surface area (Å²) in [5.74, 6) is -0.0279. The maximum Gasteiger partial charge on any atom is 0.146 e. The number of rotatable bonds is 5. The summed E-state index contributed by atoms with van der Waals surface area (Å²) in [4.78, 5) is 13.8. The van der Waals surface area contributed by atoms with Crippen molar-refractivity contribution in [1.29, 1.82) is 0 Å². The molecular formula is C15H22FNO. The summed E-state index contributed by atoms with van der Waals surface area (Å²) in [5.41, 5.74) is 0.246. The molecule has 100 valence electrons. The molecule has 0 atom stereocenters. The predicted octanol–water partition coefficient (Wildman–Crippen LogP) is 3.66. The zero-order valence-electron chi connectivity index (χ0n) is 11.7. The first-order valence-electron chi connectivity index (χ1n) is 6.39. The molecule has 1 aromatic rings. The van der Waals surface area contributed by atoms with Crippen molar-refractivity contribution < 1.29 is 9.18 Å². The van der Waals surface area contributed by atoms with E-state index in [0.29, 0.717) is 25.2 Å². The Kier molecular flexibility index (Phi) is 4.88. The molecule has 0 unspecified atom stereocenters. The highest BCUT2D eigenvalue weighted by molar-refractivity contribution is 5.84. The average Bonchev–Trinajstić information content (AvgIpc) is 2.30. The van der Waals surface area contributed by atoms with Crippen molar-refractivity contribution >= 4 is 11.5 Å². The number of anilines is 1. The van der Waals surface area contributed by atoms with E-state index in [4.69, 9.17) is 0 Å². The lowest BCUT2D eigenvalue weighted by molar-refractivity contribution is -0.126. The number of para-hydroxylation sites is 1. The van der Waals surface area contributed by atoms with Crippen molar-refractivity contribution in [2.45, 2.75) is 34.1 Å². The fourth-order valence-electron chi connectivity index (χ4n) is 1.77. The Labute approximate surface area is 109 Å². The minimum absolute atomic E-state index is 0.206.